The van der Waals surface area contributed by atoms with Gasteiger partial charge in [-0.1, -0.05) is 13.8 Å². The number of halogens is 4. The van der Waals surface area contributed by atoms with Crippen LogP contribution in [0.1, 0.15) is 39.2 Å². The number of pyridine rings is 1. The summed E-state index contributed by atoms with van der Waals surface area (Å²) in [6, 6.07) is 0.154. The van der Waals surface area contributed by atoms with E-state index in [1.165, 1.54) is 18.3 Å². The Morgan fingerprint density at radius 1 is 1.11 bits per heavy atom. The molecule has 0 spiro atoms. The highest BCUT2D eigenvalue weighted by molar-refractivity contribution is 5.93. The van der Waals surface area contributed by atoms with Crippen molar-refractivity contribution in [3.63, 3.8) is 0 Å². The number of carbonyl (C=O) groups is 3. The molecule has 1 amide bonds. The maximum absolute atomic E-state index is 13.8. The molecular formula is C23H25F4N3O6. The molecule has 2 atom stereocenters. The molecule has 0 saturated heterocycles. The largest absolute Gasteiger partial charge is 0.481 e. The predicted molar refractivity (Wildman–Crippen MR) is 120 cm³/mol. The quantitative estimate of drug-likeness (QED) is 0.277. The van der Waals surface area contributed by atoms with Crippen LogP contribution in [0.4, 0.5) is 23.2 Å². The molecule has 2 rings (SSSR count). The number of nitrogens with one attached hydrogen (secondary N) is 2. The third-order valence-corrected chi connectivity index (χ3v) is 5.08. The summed E-state index contributed by atoms with van der Waals surface area (Å²) < 4.78 is 60.0. The predicted octanol–water partition coefficient (Wildman–Crippen LogP) is 2.79. The van der Waals surface area contributed by atoms with Gasteiger partial charge in [-0.15, -0.1) is 0 Å². The van der Waals surface area contributed by atoms with Gasteiger partial charge < -0.3 is 25.0 Å². The minimum absolute atomic E-state index is 0.0492. The minimum atomic E-state index is -1.89. The van der Waals surface area contributed by atoms with E-state index in [2.05, 4.69) is 15.4 Å². The van der Waals surface area contributed by atoms with Crippen molar-refractivity contribution in [3.8, 4) is 5.75 Å². The van der Waals surface area contributed by atoms with Crippen molar-refractivity contribution in [2.24, 2.45) is 0 Å². The highest BCUT2D eigenvalue weighted by Crippen LogP contribution is 2.26. The molecule has 0 aliphatic carbocycles. The lowest BCUT2D eigenvalue weighted by atomic mass is 10.1. The SMILES string of the molecule is CCCNc1cccn(C(CC)C(=O)NC(CC(=O)O)C(=O)COc2c(F)c(F)cc(F)c2F)c1=O. The van der Waals surface area contributed by atoms with Crippen molar-refractivity contribution in [3.05, 3.63) is 58.0 Å². The van der Waals surface area contributed by atoms with Crippen LogP contribution in [0.3, 0.4) is 0 Å². The number of benzene rings is 1. The second-order valence-electron chi connectivity index (χ2n) is 7.70. The molecule has 2 unspecified atom stereocenters. The summed E-state index contributed by atoms with van der Waals surface area (Å²) in [5, 5.41) is 14.3. The van der Waals surface area contributed by atoms with Gasteiger partial charge in [0.25, 0.3) is 5.56 Å². The van der Waals surface area contributed by atoms with Crippen molar-refractivity contribution in [1.29, 1.82) is 0 Å². The molecule has 2 aromatic rings. The Morgan fingerprint density at radius 3 is 2.31 bits per heavy atom. The van der Waals surface area contributed by atoms with Crippen LogP contribution in [0.2, 0.25) is 0 Å². The first-order valence-corrected chi connectivity index (χ1v) is 11.0. The van der Waals surface area contributed by atoms with E-state index in [0.717, 1.165) is 11.0 Å². The number of carboxylic acids is 1. The van der Waals surface area contributed by atoms with Gasteiger partial charge in [-0.2, -0.15) is 8.78 Å². The molecule has 0 aliphatic heterocycles. The summed E-state index contributed by atoms with van der Waals surface area (Å²) in [4.78, 5) is 49.5. The van der Waals surface area contributed by atoms with E-state index in [9.17, 15) is 36.7 Å². The Kier molecular flexibility index (Phi) is 10.00. The molecule has 0 aliphatic rings. The Bertz CT molecular complexity index is 1160. The van der Waals surface area contributed by atoms with Gasteiger partial charge in [0.15, 0.2) is 23.2 Å². The maximum Gasteiger partial charge on any atom is 0.305 e. The van der Waals surface area contributed by atoms with Gasteiger partial charge in [0, 0.05) is 18.8 Å². The number of hydrogen-bond acceptors (Lipinski definition) is 6. The van der Waals surface area contributed by atoms with E-state index in [4.69, 9.17) is 5.11 Å². The third-order valence-electron chi connectivity index (χ3n) is 5.08. The van der Waals surface area contributed by atoms with Gasteiger partial charge in [-0.25, -0.2) is 8.78 Å². The Hall–Kier alpha value is -3.90. The van der Waals surface area contributed by atoms with Crippen LogP contribution in [-0.4, -0.2) is 46.5 Å². The minimum Gasteiger partial charge on any atom is -0.481 e. The van der Waals surface area contributed by atoms with Crippen LogP contribution < -0.4 is 20.9 Å². The number of hydrogen-bond donors (Lipinski definition) is 3. The van der Waals surface area contributed by atoms with E-state index in [1.807, 2.05) is 6.92 Å². The topological polar surface area (TPSA) is 127 Å². The van der Waals surface area contributed by atoms with E-state index in [1.54, 1.807) is 6.92 Å². The molecule has 0 bridgehead atoms. The fourth-order valence-corrected chi connectivity index (χ4v) is 3.27. The average molecular weight is 515 g/mol. The third kappa shape index (κ3) is 6.83. The molecule has 0 fully saturated rings. The number of nitrogens with zero attached hydrogens (tertiary/aromatic N) is 1. The summed E-state index contributed by atoms with van der Waals surface area (Å²) >= 11 is 0. The van der Waals surface area contributed by atoms with Gasteiger partial charge in [-0.05, 0) is 25.0 Å². The van der Waals surface area contributed by atoms with Crippen LogP contribution in [0.5, 0.6) is 5.75 Å². The van der Waals surface area contributed by atoms with Gasteiger partial charge in [0.1, 0.15) is 24.4 Å². The van der Waals surface area contributed by atoms with Crippen molar-refractivity contribution in [2.45, 2.75) is 45.2 Å². The second kappa shape index (κ2) is 12.7. The van der Waals surface area contributed by atoms with Gasteiger partial charge in [-0.3, -0.25) is 19.2 Å². The number of aromatic nitrogens is 1. The molecule has 9 nitrogen and oxygen atoms in total. The van der Waals surface area contributed by atoms with Crippen molar-refractivity contribution < 1.29 is 41.8 Å². The maximum atomic E-state index is 13.8. The van der Waals surface area contributed by atoms with Crippen LogP contribution >= 0.6 is 0 Å². The second-order valence-corrected chi connectivity index (χ2v) is 7.70. The number of Topliss-reactive ketones (excluding diaryl/α,β-unsaturated/α-hetero) is 1. The normalized spacial score (nSPS) is 12.5. The molecule has 13 heteroatoms. The smallest absolute Gasteiger partial charge is 0.305 e. The monoisotopic (exact) mass is 515 g/mol. The van der Waals surface area contributed by atoms with E-state index < -0.39 is 77.3 Å². The number of ketones is 1. The lowest BCUT2D eigenvalue weighted by Gasteiger charge is -2.22. The number of rotatable bonds is 13. The van der Waals surface area contributed by atoms with Crippen molar-refractivity contribution in [1.82, 2.24) is 9.88 Å². The molecule has 1 aromatic heterocycles. The number of ether oxygens (including phenoxy) is 1. The fourth-order valence-electron chi connectivity index (χ4n) is 3.27. The van der Waals surface area contributed by atoms with Crippen LogP contribution in [0.25, 0.3) is 0 Å². The lowest BCUT2D eigenvalue weighted by molar-refractivity contribution is -0.140. The lowest BCUT2D eigenvalue weighted by Crippen LogP contribution is -2.48. The van der Waals surface area contributed by atoms with Crippen molar-refractivity contribution >= 4 is 23.3 Å². The molecule has 36 heavy (non-hydrogen) atoms. The van der Waals surface area contributed by atoms with Gasteiger partial charge in [0.2, 0.25) is 17.5 Å². The van der Waals surface area contributed by atoms with Crippen molar-refractivity contribution in [2.75, 3.05) is 18.5 Å². The molecule has 1 heterocycles. The molecule has 0 radical (unpaired) electrons. The van der Waals surface area contributed by atoms with E-state index in [0.29, 0.717) is 6.54 Å². The number of anilines is 1. The number of carboxylic acid groups (broad SMARTS) is 1. The first kappa shape index (κ1) is 28.3. The molecule has 1 aromatic carbocycles. The zero-order valence-corrected chi connectivity index (χ0v) is 19.4. The molecule has 0 saturated carbocycles. The Labute approximate surface area is 203 Å². The molecule has 3 N–H and O–H groups in total. The summed E-state index contributed by atoms with van der Waals surface area (Å²) in [5.74, 6) is -12.3. The van der Waals surface area contributed by atoms with E-state index >= 15 is 0 Å². The van der Waals surface area contributed by atoms with Gasteiger partial charge >= 0.3 is 5.97 Å². The zero-order chi connectivity index (χ0) is 27.0. The summed E-state index contributed by atoms with van der Waals surface area (Å²) in [6.07, 6.45) is 1.25. The average Bonchev–Trinajstić information content (AvgIpc) is 2.82. The van der Waals surface area contributed by atoms with E-state index in [-0.39, 0.29) is 18.2 Å². The number of carbonyl (C=O) groups excluding carboxylic acids is 2. The number of amides is 1. The van der Waals surface area contributed by atoms with Crippen LogP contribution in [0, 0.1) is 23.3 Å². The highest BCUT2D eigenvalue weighted by atomic mass is 19.2. The fraction of sp³-hybridized carbons (Fsp3) is 0.391. The van der Waals surface area contributed by atoms with Crippen LogP contribution in [0.15, 0.2) is 29.2 Å². The Morgan fingerprint density at radius 2 is 1.75 bits per heavy atom. The highest BCUT2D eigenvalue weighted by Gasteiger charge is 2.29. The summed E-state index contributed by atoms with van der Waals surface area (Å²) in [5.41, 5.74) is -0.278. The first-order valence-electron chi connectivity index (χ1n) is 11.0. The molecule has 196 valence electrons. The van der Waals surface area contributed by atoms with Crippen LogP contribution in [-0.2, 0) is 14.4 Å². The zero-order valence-electron chi connectivity index (χ0n) is 19.4. The first-order chi connectivity index (χ1) is 17.0. The number of aliphatic carboxylic acids is 1. The van der Waals surface area contributed by atoms with Gasteiger partial charge in [0.05, 0.1) is 6.42 Å². The summed E-state index contributed by atoms with van der Waals surface area (Å²) in [6.45, 7) is 2.79. The summed E-state index contributed by atoms with van der Waals surface area (Å²) in [7, 11) is 0. The standard InChI is InChI=1S/C23H25F4N3O6/c1-3-7-28-14-6-5-8-30(23(14)35)16(4-2)22(34)29-15(10-18(32)33)17(31)11-36-21-19(26)12(24)9-13(25)20(21)27/h5-6,8-9,15-16,28H,3-4,7,10-11H2,1-2H3,(H,29,34)(H,32,33). The Balaban J connectivity index is 2.23. The molecular weight excluding hydrogens is 490 g/mol.